The number of carboxylic acids is 2. The number of aromatic nitrogens is 2. The van der Waals surface area contributed by atoms with Gasteiger partial charge in [-0.15, -0.1) is 0 Å². The maximum absolute atomic E-state index is 12.6. The van der Waals surface area contributed by atoms with Crippen LogP contribution in [0.15, 0.2) is 42.9 Å². The van der Waals surface area contributed by atoms with Crippen LogP contribution < -0.4 is 21.7 Å². The van der Waals surface area contributed by atoms with Crippen LogP contribution in [-0.2, 0) is 36.8 Å². The van der Waals surface area contributed by atoms with Crippen molar-refractivity contribution in [2.24, 2.45) is 5.73 Å². The number of H-pyrrole nitrogens is 1. The van der Waals surface area contributed by atoms with Gasteiger partial charge in [-0.1, -0.05) is 30.3 Å². The Morgan fingerprint density at radius 1 is 0.943 bits per heavy atom. The Morgan fingerprint density at radius 3 is 2.17 bits per heavy atom. The number of aromatic amines is 1. The van der Waals surface area contributed by atoms with Crippen molar-refractivity contribution in [1.29, 1.82) is 0 Å². The van der Waals surface area contributed by atoms with E-state index in [4.69, 9.17) is 10.8 Å². The van der Waals surface area contributed by atoms with Crippen molar-refractivity contribution in [3.63, 3.8) is 0 Å². The first-order valence-corrected chi connectivity index (χ1v) is 10.7. The summed E-state index contributed by atoms with van der Waals surface area (Å²) in [5.41, 5.74) is 7.16. The molecule has 3 amide bonds. The first-order chi connectivity index (χ1) is 16.6. The highest BCUT2D eigenvalue weighted by Crippen LogP contribution is 2.04. The lowest BCUT2D eigenvalue weighted by Gasteiger charge is -2.22. The summed E-state index contributed by atoms with van der Waals surface area (Å²) in [6, 6.07) is 3.82. The minimum Gasteiger partial charge on any atom is -0.481 e. The second-order valence-corrected chi connectivity index (χ2v) is 7.87. The number of imidazole rings is 1. The lowest BCUT2D eigenvalue weighted by Crippen LogP contribution is -2.57. The van der Waals surface area contributed by atoms with Crippen LogP contribution in [0.25, 0.3) is 0 Å². The minimum absolute atomic E-state index is 0.0707. The molecule has 1 heterocycles. The number of carbonyl (C=O) groups excluding carboxylic acids is 3. The number of amides is 3. The lowest BCUT2D eigenvalue weighted by atomic mass is 10.1. The first kappa shape index (κ1) is 27.0. The van der Waals surface area contributed by atoms with E-state index in [-0.39, 0.29) is 12.8 Å². The van der Waals surface area contributed by atoms with Crippen molar-refractivity contribution in [3.05, 3.63) is 54.1 Å². The highest BCUT2D eigenvalue weighted by atomic mass is 16.4. The number of rotatable bonds is 13. The third-order valence-electron chi connectivity index (χ3n) is 4.99. The zero-order valence-electron chi connectivity index (χ0n) is 18.9. The van der Waals surface area contributed by atoms with Crippen molar-refractivity contribution in [3.8, 4) is 0 Å². The Morgan fingerprint density at radius 2 is 1.60 bits per heavy atom. The van der Waals surface area contributed by atoms with E-state index in [9.17, 15) is 29.1 Å². The molecule has 1 aromatic carbocycles. The highest BCUT2D eigenvalue weighted by Gasteiger charge is 2.30. The standard InChI is InChI=1S/C22H28N6O7/c1-12(19(31)28-17(22(34)35)8-14-10-24-11-25-14)26-21(33)16(9-18(29)30)27-20(32)15(23)7-13-5-3-2-4-6-13/h2-6,10-12,15-17H,7-9,23H2,1H3,(H,24,25)(H,26,33)(H,27,32)(H,28,31)(H,29,30)(H,34,35). The Labute approximate surface area is 200 Å². The van der Waals surface area contributed by atoms with E-state index < -0.39 is 60.2 Å². The zero-order chi connectivity index (χ0) is 26.0. The number of benzene rings is 1. The summed E-state index contributed by atoms with van der Waals surface area (Å²) in [5.74, 6) is -5.14. The molecule has 4 atom stereocenters. The molecule has 0 saturated heterocycles. The summed E-state index contributed by atoms with van der Waals surface area (Å²) in [5, 5.41) is 25.4. The number of carboxylic acid groups (broad SMARTS) is 2. The van der Waals surface area contributed by atoms with Gasteiger partial charge in [0.25, 0.3) is 0 Å². The van der Waals surface area contributed by atoms with Gasteiger partial charge in [-0.2, -0.15) is 0 Å². The third-order valence-corrected chi connectivity index (χ3v) is 4.99. The van der Waals surface area contributed by atoms with Gasteiger partial charge >= 0.3 is 11.9 Å². The number of nitrogens with zero attached hydrogens (tertiary/aromatic N) is 1. The molecule has 2 aromatic rings. The monoisotopic (exact) mass is 488 g/mol. The van der Waals surface area contributed by atoms with Gasteiger partial charge in [0.15, 0.2) is 0 Å². The molecule has 0 spiro atoms. The van der Waals surface area contributed by atoms with Crippen LogP contribution in [0, 0.1) is 0 Å². The molecule has 0 bridgehead atoms. The van der Waals surface area contributed by atoms with Gasteiger partial charge in [-0.05, 0) is 18.9 Å². The number of carbonyl (C=O) groups is 5. The highest BCUT2D eigenvalue weighted by molar-refractivity contribution is 5.95. The SMILES string of the molecule is CC(NC(=O)C(CC(=O)O)NC(=O)C(N)Cc1ccccc1)C(=O)NC(Cc1cnc[nH]1)C(=O)O. The van der Waals surface area contributed by atoms with Gasteiger partial charge in [-0.25, -0.2) is 9.78 Å². The Bertz CT molecular complexity index is 1030. The first-order valence-electron chi connectivity index (χ1n) is 10.7. The van der Waals surface area contributed by atoms with E-state index in [1.54, 1.807) is 30.3 Å². The number of hydrogen-bond donors (Lipinski definition) is 7. The summed E-state index contributed by atoms with van der Waals surface area (Å²) in [6.45, 7) is 1.29. The quantitative estimate of drug-likeness (QED) is 0.175. The molecule has 8 N–H and O–H groups in total. The van der Waals surface area contributed by atoms with E-state index in [0.717, 1.165) is 5.56 Å². The number of hydrogen-bond acceptors (Lipinski definition) is 7. The van der Waals surface area contributed by atoms with Gasteiger partial charge < -0.3 is 36.9 Å². The van der Waals surface area contributed by atoms with Gasteiger partial charge in [-0.3, -0.25) is 19.2 Å². The maximum Gasteiger partial charge on any atom is 0.326 e. The summed E-state index contributed by atoms with van der Waals surface area (Å²) in [6.07, 6.45) is 2.12. The molecule has 0 aliphatic heterocycles. The van der Waals surface area contributed by atoms with Crippen LogP contribution >= 0.6 is 0 Å². The summed E-state index contributed by atoms with van der Waals surface area (Å²) < 4.78 is 0. The molecule has 0 aliphatic rings. The van der Waals surface area contributed by atoms with Crippen LogP contribution in [0.1, 0.15) is 24.6 Å². The average molecular weight is 489 g/mol. The van der Waals surface area contributed by atoms with Crippen molar-refractivity contribution in [1.82, 2.24) is 25.9 Å². The van der Waals surface area contributed by atoms with Crippen LogP contribution in [0.3, 0.4) is 0 Å². The molecule has 0 saturated carbocycles. The molecule has 188 valence electrons. The van der Waals surface area contributed by atoms with E-state index in [1.165, 1.54) is 19.4 Å². The summed E-state index contributed by atoms with van der Waals surface area (Å²) in [4.78, 5) is 66.8. The molecule has 0 aliphatic carbocycles. The fourth-order valence-electron chi connectivity index (χ4n) is 3.12. The van der Waals surface area contributed by atoms with E-state index in [2.05, 4.69) is 25.9 Å². The molecule has 0 fully saturated rings. The minimum atomic E-state index is -1.50. The number of nitrogens with one attached hydrogen (secondary N) is 4. The molecular formula is C22H28N6O7. The second kappa shape index (κ2) is 12.8. The molecule has 0 radical (unpaired) electrons. The molecule has 4 unspecified atom stereocenters. The lowest BCUT2D eigenvalue weighted by molar-refractivity contribution is -0.143. The second-order valence-electron chi connectivity index (χ2n) is 7.87. The van der Waals surface area contributed by atoms with E-state index >= 15 is 0 Å². The Hall–Kier alpha value is -4.26. The van der Waals surface area contributed by atoms with E-state index in [1.807, 2.05) is 0 Å². The summed E-state index contributed by atoms with van der Waals surface area (Å²) >= 11 is 0. The van der Waals surface area contributed by atoms with Crippen LogP contribution in [0.5, 0.6) is 0 Å². The van der Waals surface area contributed by atoms with Gasteiger partial charge in [0.05, 0.1) is 18.8 Å². The topological polar surface area (TPSA) is 217 Å². The summed E-state index contributed by atoms with van der Waals surface area (Å²) in [7, 11) is 0. The van der Waals surface area contributed by atoms with Gasteiger partial charge in [0, 0.05) is 18.3 Å². The fourth-order valence-corrected chi connectivity index (χ4v) is 3.12. The number of aliphatic carboxylic acids is 2. The zero-order valence-corrected chi connectivity index (χ0v) is 18.9. The Kier molecular flexibility index (Phi) is 9.90. The van der Waals surface area contributed by atoms with Gasteiger partial charge in [0.1, 0.15) is 18.1 Å². The fraction of sp³-hybridized carbons (Fsp3) is 0.364. The number of nitrogens with two attached hydrogens (primary N) is 1. The van der Waals surface area contributed by atoms with Crippen LogP contribution in [-0.4, -0.2) is 74.0 Å². The van der Waals surface area contributed by atoms with Crippen LogP contribution in [0.2, 0.25) is 0 Å². The van der Waals surface area contributed by atoms with Crippen molar-refractivity contribution in [2.45, 2.75) is 50.4 Å². The smallest absolute Gasteiger partial charge is 0.326 e. The third kappa shape index (κ3) is 8.89. The predicted molar refractivity (Wildman–Crippen MR) is 122 cm³/mol. The molecule has 35 heavy (non-hydrogen) atoms. The van der Waals surface area contributed by atoms with E-state index in [0.29, 0.717) is 5.69 Å². The molecule has 1 aromatic heterocycles. The Balaban J connectivity index is 1.97. The normalized spacial score (nSPS) is 14.1. The van der Waals surface area contributed by atoms with Gasteiger partial charge in [0.2, 0.25) is 17.7 Å². The average Bonchev–Trinajstić information content (AvgIpc) is 3.31. The molecule has 13 heteroatoms. The maximum atomic E-state index is 12.6. The predicted octanol–water partition coefficient (Wildman–Crippen LogP) is -1.44. The molecule has 13 nitrogen and oxygen atoms in total. The van der Waals surface area contributed by atoms with Crippen molar-refractivity contribution in [2.75, 3.05) is 0 Å². The largest absolute Gasteiger partial charge is 0.481 e. The van der Waals surface area contributed by atoms with Crippen molar-refractivity contribution < 1.29 is 34.2 Å². The van der Waals surface area contributed by atoms with Crippen LogP contribution in [0.4, 0.5) is 0 Å². The van der Waals surface area contributed by atoms with Crippen molar-refractivity contribution >= 4 is 29.7 Å². The molecular weight excluding hydrogens is 460 g/mol. The molecule has 2 rings (SSSR count).